The van der Waals surface area contributed by atoms with Crippen molar-refractivity contribution in [3.05, 3.63) is 59.2 Å². The van der Waals surface area contributed by atoms with Gasteiger partial charge in [0.15, 0.2) is 6.10 Å². The van der Waals surface area contributed by atoms with Crippen LogP contribution in [0.1, 0.15) is 75.5 Å². The maximum absolute atomic E-state index is 13.6. The Hall–Kier alpha value is -1.82. The molecule has 1 spiro atoms. The summed E-state index contributed by atoms with van der Waals surface area (Å²) in [5.74, 6) is 1.70. The highest BCUT2D eigenvalue weighted by Crippen LogP contribution is 2.60. The summed E-state index contributed by atoms with van der Waals surface area (Å²) in [6, 6.07) is 14.8. The van der Waals surface area contributed by atoms with E-state index in [0.29, 0.717) is 17.8 Å². The Labute approximate surface area is 212 Å². The van der Waals surface area contributed by atoms with Gasteiger partial charge in [-0.05, 0) is 92.4 Å². The minimum Gasteiger partial charge on any atom is -0.457 e. The van der Waals surface area contributed by atoms with Crippen LogP contribution in [0.2, 0.25) is 0 Å². The van der Waals surface area contributed by atoms with Crippen LogP contribution < -0.4 is 0 Å². The van der Waals surface area contributed by atoms with Crippen molar-refractivity contribution in [2.24, 2.45) is 23.7 Å². The van der Waals surface area contributed by atoms with Gasteiger partial charge in [-0.15, -0.1) is 0 Å². The molecule has 184 valence electrons. The Morgan fingerprint density at radius 1 is 0.971 bits per heavy atom. The molecule has 6 aliphatic rings. The molecule has 1 saturated heterocycles. The van der Waals surface area contributed by atoms with E-state index < -0.39 is 11.9 Å². The minimum atomic E-state index is -1.07. The summed E-state index contributed by atoms with van der Waals surface area (Å²) in [5.41, 5.74) is 2.85. The first-order chi connectivity index (χ1) is 16.9. The van der Waals surface area contributed by atoms with E-state index in [9.17, 15) is 4.79 Å². The van der Waals surface area contributed by atoms with Crippen LogP contribution in [0.3, 0.4) is 0 Å². The summed E-state index contributed by atoms with van der Waals surface area (Å²) >= 11 is 1.74. The fourth-order valence-corrected chi connectivity index (χ4v) is 8.91. The molecular formula is C30H34O4S. The average Bonchev–Trinajstić information content (AvgIpc) is 3.28. The maximum Gasteiger partial charge on any atom is 0.338 e. The van der Waals surface area contributed by atoms with Gasteiger partial charge in [-0.3, -0.25) is 0 Å². The van der Waals surface area contributed by atoms with Crippen LogP contribution in [0.4, 0.5) is 0 Å². The number of hydrogen-bond acceptors (Lipinski definition) is 5. The molecule has 4 nitrogen and oxygen atoms in total. The molecule has 5 fully saturated rings. The molecule has 0 N–H and O–H groups in total. The summed E-state index contributed by atoms with van der Waals surface area (Å²) in [6.07, 6.45) is 5.49. The van der Waals surface area contributed by atoms with E-state index in [0.717, 1.165) is 32.8 Å². The van der Waals surface area contributed by atoms with Crippen molar-refractivity contribution in [2.45, 2.75) is 86.1 Å². The second-order valence-electron chi connectivity index (χ2n) is 12.0. The molecule has 4 aliphatic carbocycles. The number of benzene rings is 2. The largest absolute Gasteiger partial charge is 0.457 e. The normalized spacial score (nSPS) is 38.6. The molecule has 35 heavy (non-hydrogen) atoms. The molecule has 2 aliphatic heterocycles. The number of ether oxygens (including phenoxy) is 3. The number of hydrogen-bond donors (Lipinski definition) is 0. The summed E-state index contributed by atoms with van der Waals surface area (Å²) < 4.78 is 19.6. The predicted molar refractivity (Wildman–Crippen MR) is 134 cm³/mol. The molecule has 4 saturated carbocycles. The molecule has 8 rings (SSSR count). The molecule has 0 radical (unpaired) electrons. The van der Waals surface area contributed by atoms with Gasteiger partial charge in [-0.25, -0.2) is 4.79 Å². The average molecular weight is 491 g/mol. The number of carbonyl (C=O) groups is 1. The molecule has 0 aromatic heterocycles. The third kappa shape index (κ3) is 3.30. The molecule has 2 heterocycles. The monoisotopic (exact) mass is 490 g/mol. The number of fused-ring (bicyclic) bond motifs is 4. The van der Waals surface area contributed by atoms with E-state index in [1.807, 2.05) is 12.1 Å². The van der Waals surface area contributed by atoms with E-state index in [1.54, 1.807) is 11.8 Å². The van der Waals surface area contributed by atoms with E-state index >= 15 is 0 Å². The van der Waals surface area contributed by atoms with Crippen LogP contribution >= 0.6 is 11.8 Å². The second kappa shape index (κ2) is 7.84. The Morgan fingerprint density at radius 3 is 2.37 bits per heavy atom. The lowest BCUT2D eigenvalue weighted by atomic mass is 9.50. The molecule has 2 aromatic rings. The van der Waals surface area contributed by atoms with Gasteiger partial charge in [0.1, 0.15) is 5.60 Å². The lowest BCUT2D eigenvalue weighted by Gasteiger charge is -2.59. The van der Waals surface area contributed by atoms with Gasteiger partial charge in [0.2, 0.25) is 5.79 Å². The van der Waals surface area contributed by atoms with E-state index in [1.165, 1.54) is 37.7 Å². The maximum atomic E-state index is 13.6. The Bertz CT molecular complexity index is 1160. The Balaban J connectivity index is 1.20. The fraction of sp³-hybridized carbons (Fsp3) is 0.567. The smallest absolute Gasteiger partial charge is 0.338 e. The van der Waals surface area contributed by atoms with Crippen LogP contribution in [0, 0.1) is 23.7 Å². The van der Waals surface area contributed by atoms with Crippen molar-refractivity contribution >= 4 is 17.7 Å². The van der Waals surface area contributed by atoms with Gasteiger partial charge in [0, 0.05) is 20.9 Å². The van der Waals surface area contributed by atoms with Crippen LogP contribution in [-0.2, 0) is 24.8 Å². The highest BCUT2D eigenvalue weighted by Gasteiger charge is 2.59. The minimum absolute atomic E-state index is 0.208. The first-order valence-electron chi connectivity index (χ1n) is 13.3. The summed E-state index contributed by atoms with van der Waals surface area (Å²) in [5, 5.41) is 0. The van der Waals surface area contributed by atoms with Gasteiger partial charge < -0.3 is 14.2 Å². The molecule has 2 aromatic carbocycles. The topological polar surface area (TPSA) is 44.8 Å². The summed E-state index contributed by atoms with van der Waals surface area (Å²) in [4.78, 5) is 15.9. The number of esters is 1. The quantitative estimate of drug-likeness (QED) is 0.451. The zero-order chi connectivity index (χ0) is 23.9. The Kier molecular flexibility index (Phi) is 5.01. The Morgan fingerprint density at radius 2 is 1.66 bits per heavy atom. The van der Waals surface area contributed by atoms with Crippen LogP contribution in [0.15, 0.2) is 52.3 Å². The third-order valence-corrected chi connectivity index (χ3v) is 10.7. The van der Waals surface area contributed by atoms with Crippen molar-refractivity contribution in [2.75, 3.05) is 6.61 Å². The van der Waals surface area contributed by atoms with Crippen molar-refractivity contribution in [1.29, 1.82) is 0 Å². The van der Waals surface area contributed by atoms with Crippen molar-refractivity contribution in [3.63, 3.8) is 0 Å². The van der Waals surface area contributed by atoms with Gasteiger partial charge in [0.05, 0.1) is 6.61 Å². The van der Waals surface area contributed by atoms with Crippen LogP contribution in [0.5, 0.6) is 0 Å². The molecule has 4 bridgehead atoms. The van der Waals surface area contributed by atoms with Crippen molar-refractivity contribution in [3.8, 4) is 0 Å². The van der Waals surface area contributed by atoms with Gasteiger partial charge in [-0.2, -0.15) is 0 Å². The second-order valence-corrected chi connectivity index (χ2v) is 13.0. The number of rotatable bonds is 3. The third-order valence-electron chi connectivity index (χ3n) is 9.58. The van der Waals surface area contributed by atoms with Crippen molar-refractivity contribution < 1.29 is 19.0 Å². The lowest BCUT2D eigenvalue weighted by molar-refractivity contribution is -0.216. The van der Waals surface area contributed by atoms with Gasteiger partial charge in [-0.1, -0.05) is 49.9 Å². The van der Waals surface area contributed by atoms with E-state index in [-0.39, 0.29) is 18.2 Å². The lowest BCUT2D eigenvalue weighted by Crippen LogP contribution is -2.58. The highest BCUT2D eigenvalue weighted by molar-refractivity contribution is 7.99. The molecule has 0 amide bonds. The first kappa shape index (κ1) is 22.4. The highest BCUT2D eigenvalue weighted by atomic mass is 32.2. The zero-order valence-corrected chi connectivity index (χ0v) is 21.6. The SMILES string of the molecule is CC(C)c1ccc2c(c1)[C@@]1(OCC(C(=O)OC3(C)C4CC5CC(C4)CC3C5)O1)c1ccccc1S2. The summed E-state index contributed by atoms with van der Waals surface area (Å²) in [6.45, 7) is 6.79. The molecule has 2 atom stereocenters. The van der Waals surface area contributed by atoms with Gasteiger partial charge >= 0.3 is 5.97 Å². The summed E-state index contributed by atoms with van der Waals surface area (Å²) in [7, 11) is 0. The van der Waals surface area contributed by atoms with Crippen LogP contribution in [0.25, 0.3) is 0 Å². The first-order valence-corrected chi connectivity index (χ1v) is 14.1. The predicted octanol–water partition coefficient (Wildman–Crippen LogP) is 6.65. The van der Waals surface area contributed by atoms with Crippen LogP contribution in [-0.4, -0.2) is 24.3 Å². The number of carbonyl (C=O) groups excluding carboxylic acids is 1. The van der Waals surface area contributed by atoms with E-state index in [2.05, 4.69) is 51.1 Å². The fourth-order valence-electron chi connectivity index (χ4n) is 7.77. The van der Waals surface area contributed by atoms with E-state index in [4.69, 9.17) is 14.2 Å². The van der Waals surface area contributed by atoms with Crippen molar-refractivity contribution in [1.82, 2.24) is 0 Å². The molecule has 1 unspecified atom stereocenters. The molecular weight excluding hydrogens is 456 g/mol. The van der Waals surface area contributed by atoms with Gasteiger partial charge in [0.25, 0.3) is 0 Å². The molecule has 5 heteroatoms. The standard InChI is InChI=1S/C30H34O4S/c1-17(2)20-8-9-27-24(15-20)30(23-6-4-5-7-26(23)35-27)32-16-25(33-30)28(31)34-29(3)21-11-18-10-19(13-21)14-22(29)12-18/h4-9,15,17-19,21-22,25H,10-14,16H2,1-3H3/t18?,19?,21?,22?,25?,29?,30-/m1/s1. The zero-order valence-electron chi connectivity index (χ0n) is 20.8.